The number of hydrogen-bond acceptors (Lipinski definition) is 6. The molecule has 0 bridgehead atoms. The minimum atomic E-state index is -0.0678. The van der Waals surface area contributed by atoms with Crippen LogP contribution >= 0.6 is 0 Å². The van der Waals surface area contributed by atoms with Crippen molar-refractivity contribution >= 4 is 11.7 Å². The van der Waals surface area contributed by atoms with E-state index in [2.05, 4.69) is 25.3 Å². The summed E-state index contributed by atoms with van der Waals surface area (Å²) in [6.07, 6.45) is 10.0. The van der Waals surface area contributed by atoms with Crippen LogP contribution in [-0.2, 0) is 12.8 Å². The molecule has 7 nitrogen and oxygen atoms in total. The molecule has 3 heterocycles. The molecule has 2 aliphatic rings. The first-order chi connectivity index (χ1) is 12.2. The number of aryl methyl sites for hydroxylation is 1. The van der Waals surface area contributed by atoms with Gasteiger partial charge in [-0.1, -0.05) is 0 Å². The fourth-order valence-corrected chi connectivity index (χ4v) is 3.26. The molecule has 1 aliphatic heterocycles. The predicted molar refractivity (Wildman–Crippen MR) is 93.4 cm³/mol. The second-order valence-electron chi connectivity index (χ2n) is 6.75. The van der Waals surface area contributed by atoms with Crippen molar-refractivity contribution in [1.82, 2.24) is 24.8 Å². The molecule has 0 saturated heterocycles. The van der Waals surface area contributed by atoms with Crippen molar-refractivity contribution in [3.05, 3.63) is 41.4 Å². The van der Waals surface area contributed by atoms with Crippen LogP contribution in [0.2, 0.25) is 0 Å². The molecule has 1 aliphatic carbocycles. The minimum Gasteiger partial charge on any atom is -0.367 e. The molecule has 0 radical (unpaired) electrons. The Labute approximate surface area is 146 Å². The molecule has 130 valence electrons. The van der Waals surface area contributed by atoms with Crippen LogP contribution in [0.25, 0.3) is 0 Å². The van der Waals surface area contributed by atoms with Crippen LogP contribution in [0.3, 0.4) is 0 Å². The van der Waals surface area contributed by atoms with E-state index in [0.717, 1.165) is 35.6 Å². The molecule has 1 amide bonds. The molecule has 2 aromatic heterocycles. The molecule has 2 aromatic rings. The third kappa shape index (κ3) is 3.31. The number of amides is 1. The van der Waals surface area contributed by atoms with Gasteiger partial charge >= 0.3 is 0 Å². The van der Waals surface area contributed by atoms with Gasteiger partial charge in [-0.15, -0.1) is 0 Å². The Balaban J connectivity index is 1.50. The number of aromatic nitrogens is 4. The molecule has 0 spiro atoms. The van der Waals surface area contributed by atoms with Gasteiger partial charge in [0, 0.05) is 37.3 Å². The number of hydrogen-bond donors (Lipinski definition) is 1. The SMILES string of the molecule is Cc1cnc(C(=O)N2CCc3ncnc(NC4CCC4)c3CC2)cn1. The third-order valence-corrected chi connectivity index (χ3v) is 5.02. The monoisotopic (exact) mass is 338 g/mol. The van der Waals surface area contributed by atoms with E-state index in [1.165, 1.54) is 19.3 Å². The summed E-state index contributed by atoms with van der Waals surface area (Å²) in [6, 6.07) is 0.530. The van der Waals surface area contributed by atoms with Gasteiger partial charge in [0.25, 0.3) is 5.91 Å². The number of nitrogens with one attached hydrogen (secondary N) is 1. The minimum absolute atomic E-state index is 0.0678. The van der Waals surface area contributed by atoms with Crippen LogP contribution < -0.4 is 5.32 Å². The Morgan fingerprint density at radius 2 is 1.96 bits per heavy atom. The summed E-state index contributed by atoms with van der Waals surface area (Å²) in [5.41, 5.74) is 3.40. The molecule has 0 atom stereocenters. The van der Waals surface area contributed by atoms with Gasteiger partial charge in [-0.25, -0.2) is 15.0 Å². The Kier molecular flexibility index (Phi) is 4.29. The van der Waals surface area contributed by atoms with Crippen LogP contribution in [0.15, 0.2) is 18.7 Å². The van der Waals surface area contributed by atoms with E-state index in [0.29, 0.717) is 24.8 Å². The molecular weight excluding hydrogens is 316 g/mol. The zero-order valence-electron chi connectivity index (χ0n) is 14.4. The average Bonchev–Trinajstić information content (AvgIpc) is 2.81. The van der Waals surface area contributed by atoms with E-state index in [1.807, 2.05) is 11.8 Å². The van der Waals surface area contributed by atoms with Gasteiger partial charge in [0.15, 0.2) is 0 Å². The Hall–Kier alpha value is -2.57. The van der Waals surface area contributed by atoms with Crippen LogP contribution in [0.5, 0.6) is 0 Å². The Morgan fingerprint density at radius 3 is 2.68 bits per heavy atom. The van der Waals surface area contributed by atoms with Crippen LogP contribution in [0, 0.1) is 6.92 Å². The standard InChI is InChI=1S/C18H22N6O/c1-12-9-20-16(10-19-12)18(25)24-7-5-14-15(6-8-24)21-11-22-17(14)23-13-3-2-4-13/h9-11,13H,2-8H2,1H3,(H,21,22,23). The summed E-state index contributed by atoms with van der Waals surface area (Å²) in [6.45, 7) is 3.15. The van der Waals surface area contributed by atoms with Crippen LogP contribution in [0.4, 0.5) is 5.82 Å². The van der Waals surface area contributed by atoms with Crippen molar-refractivity contribution < 1.29 is 4.79 Å². The maximum absolute atomic E-state index is 12.7. The van der Waals surface area contributed by atoms with E-state index in [4.69, 9.17) is 0 Å². The number of carbonyl (C=O) groups excluding carboxylic acids is 1. The Morgan fingerprint density at radius 1 is 1.12 bits per heavy atom. The highest BCUT2D eigenvalue weighted by Crippen LogP contribution is 2.26. The van der Waals surface area contributed by atoms with Gasteiger partial charge in [-0.05, 0) is 32.6 Å². The zero-order valence-corrected chi connectivity index (χ0v) is 14.4. The van der Waals surface area contributed by atoms with Crippen LogP contribution in [-0.4, -0.2) is 49.9 Å². The largest absolute Gasteiger partial charge is 0.367 e. The summed E-state index contributed by atoms with van der Waals surface area (Å²) in [5.74, 6) is 0.876. The van der Waals surface area contributed by atoms with Crippen LogP contribution in [0.1, 0.15) is 46.7 Å². The van der Waals surface area contributed by atoms with Crippen molar-refractivity contribution in [3.63, 3.8) is 0 Å². The van der Waals surface area contributed by atoms with Gasteiger partial charge in [-0.3, -0.25) is 9.78 Å². The zero-order chi connectivity index (χ0) is 17.2. The second-order valence-corrected chi connectivity index (χ2v) is 6.75. The van der Waals surface area contributed by atoms with Gasteiger partial charge in [-0.2, -0.15) is 0 Å². The summed E-state index contributed by atoms with van der Waals surface area (Å²) < 4.78 is 0. The number of anilines is 1. The van der Waals surface area contributed by atoms with Crippen molar-refractivity contribution in [2.45, 2.75) is 45.1 Å². The molecule has 0 unspecified atom stereocenters. The fourth-order valence-electron chi connectivity index (χ4n) is 3.26. The smallest absolute Gasteiger partial charge is 0.274 e. The molecular formula is C18H22N6O. The maximum atomic E-state index is 12.7. The molecule has 1 fully saturated rings. The van der Waals surface area contributed by atoms with Gasteiger partial charge in [0.05, 0.1) is 17.6 Å². The number of fused-ring (bicyclic) bond motifs is 1. The summed E-state index contributed by atoms with van der Waals surface area (Å²) in [4.78, 5) is 31.8. The first-order valence-electron chi connectivity index (χ1n) is 8.88. The maximum Gasteiger partial charge on any atom is 0.274 e. The molecule has 0 aromatic carbocycles. The lowest BCUT2D eigenvalue weighted by molar-refractivity contribution is 0.0756. The topological polar surface area (TPSA) is 83.9 Å². The highest BCUT2D eigenvalue weighted by Gasteiger charge is 2.25. The van der Waals surface area contributed by atoms with E-state index in [1.54, 1.807) is 18.7 Å². The fraction of sp³-hybridized carbons (Fsp3) is 0.500. The van der Waals surface area contributed by atoms with Gasteiger partial charge < -0.3 is 10.2 Å². The van der Waals surface area contributed by atoms with E-state index in [9.17, 15) is 4.79 Å². The first kappa shape index (κ1) is 15.9. The summed E-state index contributed by atoms with van der Waals surface area (Å²) >= 11 is 0. The van der Waals surface area contributed by atoms with E-state index < -0.39 is 0 Å². The molecule has 1 N–H and O–H groups in total. The highest BCUT2D eigenvalue weighted by atomic mass is 16.2. The van der Waals surface area contributed by atoms with Gasteiger partial charge in [0.2, 0.25) is 0 Å². The first-order valence-corrected chi connectivity index (χ1v) is 8.88. The predicted octanol–water partition coefficient (Wildman–Crippen LogP) is 1.78. The average molecular weight is 338 g/mol. The molecule has 4 rings (SSSR count). The number of carbonyl (C=O) groups is 1. The van der Waals surface area contributed by atoms with Crippen molar-refractivity contribution in [2.24, 2.45) is 0 Å². The van der Waals surface area contributed by atoms with E-state index >= 15 is 0 Å². The normalized spacial score (nSPS) is 17.4. The van der Waals surface area contributed by atoms with Crippen molar-refractivity contribution in [2.75, 3.05) is 18.4 Å². The summed E-state index contributed by atoms with van der Waals surface area (Å²) in [5, 5.41) is 3.54. The summed E-state index contributed by atoms with van der Waals surface area (Å²) in [7, 11) is 0. The van der Waals surface area contributed by atoms with E-state index in [-0.39, 0.29) is 5.91 Å². The van der Waals surface area contributed by atoms with Gasteiger partial charge in [0.1, 0.15) is 17.8 Å². The number of rotatable bonds is 3. The number of nitrogens with zero attached hydrogens (tertiary/aromatic N) is 5. The quantitative estimate of drug-likeness (QED) is 0.918. The second kappa shape index (κ2) is 6.74. The molecule has 7 heteroatoms. The lowest BCUT2D eigenvalue weighted by Gasteiger charge is -2.28. The molecule has 1 saturated carbocycles. The molecule has 25 heavy (non-hydrogen) atoms. The third-order valence-electron chi connectivity index (χ3n) is 5.02. The Bertz CT molecular complexity index is 772. The lowest BCUT2D eigenvalue weighted by atomic mass is 9.93. The van der Waals surface area contributed by atoms with Crippen molar-refractivity contribution in [1.29, 1.82) is 0 Å². The highest BCUT2D eigenvalue weighted by molar-refractivity contribution is 5.92. The lowest BCUT2D eigenvalue weighted by Crippen LogP contribution is -2.34. The van der Waals surface area contributed by atoms with Crippen molar-refractivity contribution in [3.8, 4) is 0 Å².